The summed E-state index contributed by atoms with van der Waals surface area (Å²) in [6.45, 7) is 5.46. The maximum Gasteiger partial charge on any atom is 0.419 e. The lowest BCUT2D eigenvalue weighted by Gasteiger charge is -2.18. The molecule has 0 amide bonds. The number of carbonyl (C=O) groups is 1. The molecule has 0 unspecified atom stereocenters. The Labute approximate surface area is 97.1 Å². The fraction of sp³-hybridized carbons (Fsp3) is 0.400. The summed E-state index contributed by atoms with van der Waals surface area (Å²) in [5.41, 5.74) is 0.199. The van der Waals surface area contributed by atoms with Gasteiger partial charge in [-0.15, -0.1) is 0 Å². The number of rotatable bonds is 1. The Morgan fingerprint density at radius 1 is 1.60 bits per heavy atom. The van der Waals surface area contributed by atoms with E-state index in [0.717, 1.165) is 0 Å². The standard InChI is InChI=1S/C10H13BrN2O2/c1-10(2,3)15-9(14)13-6-8(4-5-11)12-7-13/h4-7H,1-3H3/b5-4+. The predicted molar refractivity (Wildman–Crippen MR) is 61.8 cm³/mol. The summed E-state index contributed by atoms with van der Waals surface area (Å²) >= 11 is 3.14. The quantitative estimate of drug-likeness (QED) is 0.790. The van der Waals surface area contributed by atoms with Crippen molar-refractivity contribution in [3.63, 3.8) is 0 Å². The zero-order chi connectivity index (χ0) is 11.5. The lowest BCUT2D eigenvalue weighted by Crippen LogP contribution is -2.26. The summed E-state index contributed by atoms with van der Waals surface area (Å²) in [6.07, 6.45) is 4.34. The molecule has 0 atom stereocenters. The van der Waals surface area contributed by atoms with E-state index in [4.69, 9.17) is 4.74 Å². The van der Waals surface area contributed by atoms with Gasteiger partial charge in [0.2, 0.25) is 0 Å². The molecule has 0 radical (unpaired) electrons. The molecule has 0 saturated heterocycles. The van der Waals surface area contributed by atoms with E-state index in [1.807, 2.05) is 20.8 Å². The highest BCUT2D eigenvalue weighted by molar-refractivity contribution is 9.11. The second kappa shape index (κ2) is 4.61. The van der Waals surface area contributed by atoms with Crippen molar-refractivity contribution in [1.82, 2.24) is 9.55 Å². The van der Waals surface area contributed by atoms with E-state index in [2.05, 4.69) is 20.9 Å². The zero-order valence-corrected chi connectivity index (χ0v) is 10.5. The first-order valence-corrected chi connectivity index (χ1v) is 5.38. The van der Waals surface area contributed by atoms with Crippen LogP contribution in [0, 0.1) is 0 Å². The van der Waals surface area contributed by atoms with Crippen LogP contribution in [0.5, 0.6) is 0 Å². The third-order valence-electron chi connectivity index (χ3n) is 1.44. The van der Waals surface area contributed by atoms with E-state index < -0.39 is 11.7 Å². The van der Waals surface area contributed by atoms with Crippen molar-refractivity contribution < 1.29 is 9.53 Å². The Kier molecular flexibility index (Phi) is 3.68. The predicted octanol–water partition coefficient (Wildman–Crippen LogP) is 3.03. The normalized spacial score (nSPS) is 12.0. The van der Waals surface area contributed by atoms with Gasteiger partial charge >= 0.3 is 6.09 Å². The summed E-state index contributed by atoms with van der Waals surface area (Å²) in [5.74, 6) is 0. The smallest absolute Gasteiger partial charge is 0.419 e. The van der Waals surface area contributed by atoms with Crippen molar-refractivity contribution in [2.24, 2.45) is 0 Å². The molecule has 15 heavy (non-hydrogen) atoms. The minimum absolute atomic E-state index is 0.427. The van der Waals surface area contributed by atoms with Crippen LogP contribution in [0.3, 0.4) is 0 Å². The van der Waals surface area contributed by atoms with E-state index in [0.29, 0.717) is 5.69 Å². The third kappa shape index (κ3) is 3.87. The van der Waals surface area contributed by atoms with Crippen molar-refractivity contribution in [2.75, 3.05) is 0 Å². The van der Waals surface area contributed by atoms with E-state index in [-0.39, 0.29) is 0 Å². The van der Waals surface area contributed by atoms with Crippen LogP contribution in [-0.2, 0) is 4.74 Å². The van der Waals surface area contributed by atoms with Gasteiger partial charge in [-0.25, -0.2) is 14.3 Å². The molecule has 0 aliphatic carbocycles. The molecule has 1 aromatic rings. The van der Waals surface area contributed by atoms with Crippen LogP contribution < -0.4 is 0 Å². The van der Waals surface area contributed by atoms with Crippen molar-refractivity contribution in [3.8, 4) is 0 Å². The van der Waals surface area contributed by atoms with Gasteiger partial charge in [0.1, 0.15) is 11.9 Å². The number of halogens is 1. The summed E-state index contributed by atoms with van der Waals surface area (Å²) in [7, 11) is 0. The number of carbonyl (C=O) groups excluding carboxylic acids is 1. The highest BCUT2D eigenvalue weighted by Crippen LogP contribution is 2.09. The second-order valence-electron chi connectivity index (χ2n) is 3.98. The van der Waals surface area contributed by atoms with E-state index >= 15 is 0 Å². The first kappa shape index (κ1) is 12.0. The molecule has 1 rings (SSSR count). The van der Waals surface area contributed by atoms with Crippen LogP contribution in [0.4, 0.5) is 4.79 Å². The first-order valence-electron chi connectivity index (χ1n) is 4.46. The monoisotopic (exact) mass is 272 g/mol. The molecule has 0 spiro atoms. The molecule has 0 aliphatic rings. The molecule has 0 aromatic carbocycles. The maximum atomic E-state index is 11.5. The number of hydrogen-bond donors (Lipinski definition) is 0. The molecule has 0 N–H and O–H groups in total. The van der Waals surface area contributed by atoms with Crippen molar-refractivity contribution in [2.45, 2.75) is 26.4 Å². The van der Waals surface area contributed by atoms with Crippen LogP contribution in [0.2, 0.25) is 0 Å². The number of nitrogens with zero attached hydrogens (tertiary/aromatic N) is 2. The average molecular weight is 273 g/mol. The molecule has 0 aliphatic heterocycles. The van der Waals surface area contributed by atoms with Gasteiger partial charge in [0.15, 0.2) is 0 Å². The number of aromatic nitrogens is 2. The number of imidazole rings is 1. The van der Waals surface area contributed by atoms with E-state index in [1.54, 1.807) is 17.3 Å². The van der Waals surface area contributed by atoms with Gasteiger partial charge in [0.25, 0.3) is 0 Å². The minimum Gasteiger partial charge on any atom is -0.443 e. The van der Waals surface area contributed by atoms with Gasteiger partial charge in [0.05, 0.1) is 5.69 Å². The molecule has 82 valence electrons. The number of ether oxygens (including phenoxy) is 1. The van der Waals surface area contributed by atoms with Gasteiger partial charge in [0, 0.05) is 6.20 Å². The highest BCUT2D eigenvalue weighted by Gasteiger charge is 2.17. The van der Waals surface area contributed by atoms with Crippen LogP contribution in [-0.4, -0.2) is 21.2 Å². The Balaban J connectivity index is 2.75. The van der Waals surface area contributed by atoms with Crippen LogP contribution >= 0.6 is 15.9 Å². The largest absolute Gasteiger partial charge is 0.443 e. The SMILES string of the molecule is CC(C)(C)OC(=O)n1cnc(/C=C/Br)c1. The Bertz CT molecular complexity index is 377. The maximum absolute atomic E-state index is 11.5. The van der Waals surface area contributed by atoms with Crippen LogP contribution in [0.1, 0.15) is 26.5 Å². The van der Waals surface area contributed by atoms with Crippen molar-refractivity contribution >= 4 is 28.1 Å². The van der Waals surface area contributed by atoms with E-state index in [9.17, 15) is 4.79 Å². The van der Waals surface area contributed by atoms with Gasteiger partial charge in [-0.1, -0.05) is 15.9 Å². The van der Waals surface area contributed by atoms with Crippen molar-refractivity contribution in [3.05, 3.63) is 23.2 Å². The van der Waals surface area contributed by atoms with Gasteiger partial charge in [-0.2, -0.15) is 0 Å². The average Bonchev–Trinajstić information content (AvgIpc) is 2.50. The van der Waals surface area contributed by atoms with Gasteiger partial charge in [-0.05, 0) is 31.8 Å². The molecule has 0 fully saturated rings. The lowest BCUT2D eigenvalue weighted by molar-refractivity contribution is 0.0536. The summed E-state index contributed by atoms with van der Waals surface area (Å²) in [5, 5.41) is 0. The summed E-state index contributed by atoms with van der Waals surface area (Å²) < 4.78 is 6.48. The fourth-order valence-electron chi connectivity index (χ4n) is 0.903. The third-order valence-corrected chi connectivity index (χ3v) is 1.70. The fourth-order valence-corrected chi connectivity index (χ4v) is 1.17. The highest BCUT2D eigenvalue weighted by atomic mass is 79.9. The van der Waals surface area contributed by atoms with Crippen LogP contribution in [0.25, 0.3) is 6.08 Å². The first-order chi connectivity index (χ1) is 6.92. The Morgan fingerprint density at radius 2 is 2.27 bits per heavy atom. The molecule has 4 nitrogen and oxygen atoms in total. The Hall–Kier alpha value is -1.10. The molecule has 5 heteroatoms. The van der Waals surface area contributed by atoms with Crippen molar-refractivity contribution in [1.29, 1.82) is 0 Å². The summed E-state index contributed by atoms with van der Waals surface area (Å²) in [4.78, 5) is 17.2. The number of hydrogen-bond acceptors (Lipinski definition) is 3. The lowest BCUT2D eigenvalue weighted by atomic mass is 10.2. The van der Waals surface area contributed by atoms with Crippen LogP contribution in [0.15, 0.2) is 17.5 Å². The molecule has 1 aromatic heterocycles. The van der Waals surface area contributed by atoms with Gasteiger partial charge < -0.3 is 4.74 Å². The van der Waals surface area contributed by atoms with E-state index in [1.165, 1.54) is 10.9 Å². The molecular formula is C10H13BrN2O2. The topological polar surface area (TPSA) is 44.1 Å². The molecule has 1 heterocycles. The second-order valence-corrected chi connectivity index (χ2v) is 4.51. The molecule has 0 bridgehead atoms. The van der Waals surface area contributed by atoms with Gasteiger partial charge in [-0.3, -0.25) is 0 Å². The molecule has 0 saturated carbocycles. The Morgan fingerprint density at radius 3 is 2.80 bits per heavy atom. The zero-order valence-electron chi connectivity index (χ0n) is 8.90. The molecular weight excluding hydrogens is 260 g/mol. The summed E-state index contributed by atoms with van der Waals surface area (Å²) in [6, 6.07) is 0. The minimum atomic E-state index is -0.493.